The van der Waals surface area contributed by atoms with Gasteiger partial charge >= 0.3 is 0 Å². The first-order valence-electron chi connectivity index (χ1n) is 6.60. The molecule has 0 fully saturated rings. The lowest BCUT2D eigenvalue weighted by atomic mass is 10.1. The number of benzene rings is 2. The maximum Gasteiger partial charge on any atom is 0.131 e. The highest BCUT2D eigenvalue weighted by atomic mass is 19.1. The number of aliphatic hydroxyl groups excluding tert-OH is 1. The van der Waals surface area contributed by atoms with Crippen LogP contribution in [0.2, 0.25) is 0 Å². The predicted octanol–water partition coefficient (Wildman–Crippen LogP) is 2.80. The van der Waals surface area contributed by atoms with E-state index in [-0.39, 0.29) is 17.9 Å². The summed E-state index contributed by atoms with van der Waals surface area (Å²) in [5.74, 6) is -1.41. The van der Waals surface area contributed by atoms with Crippen molar-refractivity contribution in [2.75, 3.05) is 6.54 Å². The molecule has 1 atom stereocenters. The van der Waals surface area contributed by atoms with Crippen molar-refractivity contribution in [3.8, 4) is 5.75 Å². The van der Waals surface area contributed by atoms with Crippen LogP contribution in [0.4, 0.5) is 8.78 Å². The molecule has 0 saturated carbocycles. The standard InChI is InChI=1S/C16H17F2NO2/c1-10-5-6-14(20)11(7-10)8-19-9-15(21)16-12(17)3-2-4-13(16)18/h2-7,15,19-21H,8-9H2,1H3. The lowest BCUT2D eigenvalue weighted by Crippen LogP contribution is -2.22. The molecule has 0 spiro atoms. The molecular weight excluding hydrogens is 276 g/mol. The molecule has 0 aliphatic rings. The van der Waals surface area contributed by atoms with Gasteiger partial charge in [-0.2, -0.15) is 0 Å². The van der Waals surface area contributed by atoms with Gasteiger partial charge in [0.25, 0.3) is 0 Å². The highest BCUT2D eigenvalue weighted by Gasteiger charge is 2.17. The highest BCUT2D eigenvalue weighted by molar-refractivity contribution is 5.35. The number of phenolic OH excluding ortho intramolecular Hbond substituents is 1. The van der Waals surface area contributed by atoms with E-state index in [0.717, 1.165) is 17.7 Å². The molecule has 0 heterocycles. The predicted molar refractivity (Wildman–Crippen MR) is 75.9 cm³/mol. The number of nitrogens with one attached hydrogen (secondary N) is 1. The van der Waals surface area contributed by atoms with E-state index in [2.05, 4.69) is 5.32 Å². The second-order valence-electron chi connectivity index (χ2n) is 4.91. The summed E-state index contributed by atoms with van der Waals surface area (Å²) in [6.07, 6.45) is -1.29. The summed E-state index contributed by atoms with van der Waals surface area (Å²) in [5, 5.41) is 22.4. The van der Waals surface area contributed by atoms with Crippen LogP contribution < -0.4 is 5.32 Å². The van der Waals surface area contributed by atoms with Crippen LogP contribution >= 0.6 is 0 Å². The Morgan fingerprint density at radius 1 is 1.14 bits per heavy atom. The van der Waals surface area contributed by atoms with Crippen molar-refractivity contribution in [2.24, 2.45) is 0 Å². The fourth-order valence-corrected chi connectivity index (χ4v) is 2.13. The van der Waals surface area contributed by atoms with Gasteiger partial charge in [-0.25, -0.2) is 8.78 Å². The number of hydrogen-bond donors (Lipinski definition) is 3. The Balaban J connectivity index is 1.98. The minimum atomic E-state index is -1.29. The summed E-state index contributed by atoms with van der Waals surface area (Å²) in [4.78, 5) is 0. The third-order valence-electron chi connectivity index (χ3n) is 3.22. The van der Waals surface area contributed by atoms with Gasteiger partial charge in [-0.3, -0.25) is 0 Å². The Bertz CT molecular complexity index is 611. The molecule has 21 heavy (non-hydrogen) atoms. The number of hydrogen-bond acceptors (Lipinski definition) is 3. The van der Waals surface area contributed by atoms with Crippen LogP contribution in [0.5, 0.6) is 5.75 Å². The van der Waals surface area contributed by atoms with Crippen molar-refractivity contribution >= 4 is 0 Å². The SMILES string of the molecule is Cc1ccc(O)c(CNCC(O)c2c(F)cccc2F)c1. The van der Waals surface area contributed by atoms with Crippen LogP contribution in [-0.2, 0) is 6.54 Å². The number of rotatable bonds is 5. The monoisotopic (exact) mass is 293 g/mol. The Hall–Kier alpha value is -1.98. The number of aryl methyl sites for hydroxylation is 1. The summed E-state index contributed by atoms with van der Waals surface area (Å²) < 4.78 is 27.0. The third-order valence-corrected chi connectivity index (χ3v) is 3.22. The molecule has 112 valence electrons. The van der Waals surface area contributed by atoms with Crippen molar-refractivity contribution in [3.05, 3.63) is 64.7 Å². The molecule has 0 amide bonds. The quantitative estimate of drug-likeness (QED) is 0.794. The molecule has 0 aromatic heterocycles. The molecular formula is C16H17F2NO2. The average molecular weight is 293 g/mol. The summed E-state index contributed by atoms with van der Waals surface area (Å²) in [5.41, 5.74) is 1.31. The molecule has 0 radical (unpaired) electrons. The normalized spacial score (nSPS) is 12.4. The second kappa shape index (κ2) is 6.65. The van der Waals surface area contributed by atoms with Gasteiger partial charge in [-0.15, -0.1) is 0 Å². The summed E-state index contributed by atoms with van der Waals surface area (Å²) in [6, 6.07) is 8.63. The van der Waals surface area contributed by atoms with Gasteiger partial charge in [0.1, 0.15) is 17.4 Å². The Morgan fingerprint density at radius 2 is 1.81 bits per heavy atom. The number of aromatic hydroxyl groups is 1. The molecule has 3 nitrogen and oxygen atoms in total. The van der Waals surface area contributed by atoms with Crippen LogP contribution in [0, 0.1) is 18.6 Å². The molecule has 0 bridgehead atoms. The van der Waals surface area contributed by atoms with Crippen molar-refractivity contribution in [2.45, 2.75) is 19.6 Å². The van der Waals surface area contributed by atoms with E-state index >= 15 is 0 Å². The van der Waals surface area contributed by atoms with Crippen molar-refractivity contribution < 1.29 is 19.0 Å². The number of phenols is 1. The van der Waals surface area contributed by atoms with Crippen molar-refractivity contribution in [3.63, 3.8) is 0 Å². The number of halogens is 2. The molecule has 3 N–H and O–H groups in total. The molecule has 2 aromatic carbocycles. The minimum Gasteiger partial charge on any atom is -0.508 e. The Morgan fingerprint density at radius 3 is 2.48 bits per heavy atom. The first-order chi connectivity index (χ1) is 9.99. The van der Waals surface area contributed by atoms with Gasteiger partial charge in [0.15, 0.2) is 0 Å². The Labute approximate surface area is 121 Å². The van der Waals surface area contributed by atoms with Crippen molar-refractivity contribution in [1.82, 2.24) is 5.32 Å². The lowest BCUT2D eigenvalue weighted by molar-refractivity contribution is 0.164. The van der Waals surface area contributed by atoms with Crippen LogP contribution in [0.1, 0.15) is 22.8 Å². The van der Waals surface area contributed by atoms with E-state index in [1.807, 2.05) is 6.92 Å². The van der Waals surface area contributed by atoms with Gasteiger partial charge in [-0.05, 0) is 25.1 Å². The first kappa shape index (κ1) is 15.4. The third kappa shape index (κ3) is 3.77. The summed E-state index contributed by atoms with van der Waals surface area (Å²) >= 11 is 0. The Kier molecular flexibility index (Phi) is 4.88. The van der Waals surface area contributed by atoms with Crippen LogP contribution in [0.15, 0.2) is 36.4 Å². The minimum absolute atomic E-state index is 0.0226. The van der Waals surface area contributed by atoms with Gasteiger partial charge in [-0.1, -0.05) is 23.8 Å². The van der Waals surface area contributed by atoms with Crippen LogP contribution in [0.3, 0.4) is 0 Å². The summed E-state index contributed by atoms with van der Waals surface area (Å²) in [6.45, 7) is 2.17. The van der Waals surface area contributed by atoms with Gasteiger partial charge in [0, 0.05) is 18.7 Å². The zero-order valence-electron chi connectivity index (χ0n) is 11.6. The molecule has 0 aliphatic heterocycles. The van der Waals surface area contributed by atoms with E-state index in [4.69, 9.17) is 0 Å². The highest BCUT2D eigenvalue weighted by Crippen LogP contribution is 2.21. The van der Waals surface area contributed by atoms with E-state index in [0.29, 0.717) is 12.1 Å². The van der Waals surface area contributed by atoms with Gasteiger partial charge in [0.2, 0.25) is 0 Å². The van der Waals surface area contributed by atoms with Crippen LogP contribution in [0.25, 0.3) is 0 Å². The van der Waals surface area contributed by atoms with Gasteiger partial charge < -0.3 is 15.5 Å². The molecule has 0 aliphatic carbocycles. The lowest BCUT2D eigenvalue weighted by Gasteiger charge is -2.14. The molecule has 5 heteroatoms. The molecule has 0 saturated heterocycles. The van der Waals surface area contributed by atoms with E-state index < -0.39 is 17.7 Å². The maximum absolute atomic E-state index is 13.5. The molecule has 1 unspecified atom stereocenters. The van der Waals surface area contributed by atoms with Crippen molar-refractivity contribution in [1.29, 1.82) is 0 Å². The summed E-state index contributed by atoms with van der Waals surface area (Å²) in [7, 11) is 0. The molecule has 2 aromatic rings. The van der Waals surface area contributed by atoms with E-state index in [9.17, 15) is 19.0 Å². The molecule has 2 rings (SSSR count). The first-order valence-corrected chi connectivity index (χ1v) is 6.60. The van der Waals surface area contributed by atoms with E-state index in [1.165, 1.54) is 6.07 Å². The van der Waals surface area contributed by atoms with Crippen LogP contribution in [-0.4, -0.2) is 16.8 Å². The maximum atomic E-state index is 13.5. The fraction of sp³-hybridized carbons (Fsp3) is 0.250. The zero-order chi connectivity index (χ0) is 15.4. The average Bonchev–Trinajstić information content (AvgIpc) is 2.42. The zero-order valence-corrected chi connectivity index (χ0v) is 11.6. The topological polar surface area (TPSA) is 52.5 Å². The smallest absolute Gasteiger partial charge is 0.131 e. The van der Waals surface area contributed by atoms with Gasteiger partial charge in [0.05, 0.1) is 11.7 Å². The largest absolute Gasteiger partial charge is 0.508 e. The fourth-order valence-electron chi connectivity index (χ4n) is 2.13. The number of aliphatic hydroxyl groups is 1. The second-order valence-corrected chi connectivity index (χ2v) is 4.91. The van der Waals surface area contributed by atoms with E-state index in [1.54, 1.807) is 18.2 Å².